The van der Waals surface area contributed by atoms with Gasteiger partial charge < -0.3 is 4.74 Å². The zero-order valence-electron chi connectivity index (χ0n) is 9.17. The van der Waals surface area contributed by atoms with Crippen LogP contribution in [0.2, 0.25) is 0 Å². The molecule has 0 aromatic rings. The molecule has 1 saturated carbocycles. The maximum atomic E-state index is 15.0. The van der Waals surface area contributed by atoms with Crippen LogP contribution < -0.4 is 0 Å². The molecular weight excluding hydrogens is 294 g/mol. The van der Waals surface area contributed by atoms with E-state index in [4.69, 9.17) is 4.74 Å². The molecule has 0 radical (unpaired) electrons. The molecular formula is C12H13BrF2O2. The van der Waals surface area contributed by atoms with Crippen molar-refractivity contribution in [2.24, 2.45) is 11.8 Å². The number of fused-ring (bicyclic) bond motifs is 5. The molecule has 5 heteroatoms. The smallest absolute Gasteiger partial charge is 0.348 e. The van der Waals surface area contributed by atoms with Crippen molar-refractivity contribution in [2.75, 3.05) is 5.33 Å². The summed E-state index contributed by atoms with van der Waals surface area (Å²) in [6.45, 7) is 0. The molecule has 2 aliphatic carbocycles. The maximum absolute atomic E-state index is 15.0. The van der Waals surface area contributed by atoms with Crippen molar-refractivity contribution in [3.8, 4) is 0 Å². The lowest BCUT2D eigenvalue weighted by Gasteiger charge is -2.33. The van der Waals surface area contributed by atoms with Crippen molar-refractivity contribution >= 4 is 21.9 Å². The molecule has 0 spiro atoms. The number of rotatable bonds is 3. The summed E-state index contributed by atoms with van der Waals surface area (Å²) in [5, 5.41) is 0.695. The number of hydrogen-bond donors (Lipinski definition) is 0. The molecule has 5 atom stereocenters. The van der Waals surface area contributed by atoms with Crippen molar-refractivity contribution in [1.82, 2.24) is 0 Å². The molecule has 94 valence electrons. The van der Waals surface area contributed by atoms with E-state index < -0.39 is 35.2 Å². The van der Waals surface area contributed by atoms with Gasteiger partial charge in [0.1, 0.15) is 6.10 Å². The molecule has 1 saturated heterocycles. The van der Waals surface area contributed by atoms with Crippen LogP contribution in [0.3, 0.4) is 0 Å². The number of halogens is 3. The van der Waals surface area contributed by atoms with E-state index in [1.807, 2.05) is 0 Å². The standard InChI is InChI=1S/C12H13BrF2O2/c13-5-1-2-9-11(14)7-3-4-8(6-7)12(11,15)10(16)17-9/h3-4,7-9H,1-2,5-6H2/t7-,8+,9?,11?,12?/m0/s1. The summed E-state index contributed by atoms with van der Waals surface area (Å²) in [4.78, 5) is 11.7. The number of esters is 1. The first kappa shape index (κ1) is 11.6. The van der Waals surface area contributed by atoms with E-state index >= 15 is 4.39 Å². The van der Waals surface area contributed by atoms with Gasteiger partial charge in [-0.25, -0.2) is 13.6 Å². The molecule has 3 rings (SSSR count). The second-order valence-corrected chi connectivity index (χ2v) is 5.83. The third-order valence-corrected chi connectivity index (χ3v) is 4.87. The lowest BCUT2D eigenvalue weighted by atomic mass is 9.75. The van der Waals surface area contributed by atoms with E-state index in [-0.39, 0.29) is 0 Å². The highest BCUT2D eigenvalue weighted by Crippen LogP contribution is 2.63. The monoisotopic (exact) mass is 306 g/mol. The average molecular weight is 307 g/mol. The Morgan fingerprint density at radius 1 is 1.41 bits per heavy atom. The first-order chi connectivity index (χ1) is 8.05. The van der Waals surface area contributed by atoms with E-state index in [0.29, 0.717) is 24.6 Å². The van der Waals surface area contributed by atoms with E-state index in [1.54, 1.807) is 12.2 Å². The van der Waals surface area contributed by atoms with Crippen LogP contribution in [0.1, 0.15) is 19.3 Å². The summed E-state index contributed by atoms with van der Waals surface area (Å²) in [5.41, 5.74) is -4.59. The Morgan fingerprint density at radius 3 is 2.82 bits per heavy atom. The Labute approximate surface area is 107 Å². The van der Waals surface area contributed by atoms with Gasteiger partial charge in [0, 0.05) is 17.2 Å². The summed E-state index contributed by atoms with van der Waals surface area (Å²) < 4.78 is 34.7. The zero-order valence-corrected chi connectivity index (χ0v) is 10.8. The molecule has 3 aliphatic rings. The number of hydrogen-bond acceptors (Lipinski definition) is 2. The van der Waals surface area contributed by atoms with Gasteiger partial charge in [0.05, 0.1) is 0 Å². The Morgan fingerprint density at radius 2 is 2.12 bits per heavy atom. The molecule has 0 amide bonds. The molecule has 1 heterocycles. The third-order valence-electron chi connectivity index (χ3n) is 4.31. The maximum Gasteiger partial charge on any atom is 0.348 e. The van der Waals surface area contributed by atoms with Crippen LogP contribution in [0, 0.1) is 11.8 Å². The molecule has 2 fully saturated rings. The van der Waals surface area contributed by atoms with Gasteiger partial charge in [0.2, 0.25) is 0 Å². The summed E-state index contributed by atoms with van der Waals surface area (Å²) >= 11 is 3.25. The second kappa shape index (κ2) is 3.53. The Kier molecular flexibility index (Phi) is 2.41. The SMILES string of the molecule is O=C1OC(CCCBr)C2(F)[C@H]3C=C[C@H](C3)C12F. The van der Waals surface area contributed by atoms with E-state index in [2.05, 4.69) is 15.9 Å². The van der Waals surface area contributed by atoms with Gasteiger partial charge in [-0.1, -0.05) is 28.1 Å². The van der Waals surface area contributed by atoms with Crippen molar-refractivity contribution < 1.29 is 18.3 Å². The van der Waals surface area contributed by atoms with E-state index in [9.17, 15) is 9.18 Å². The Balaban J connectivity index is 1.97. The topological polar surface area (TPSA) is 26.3 Å². The lowest BCUT2D eigenvalue weighted by Crippen LogP contribution is -2.54. The minimum atomic E-state index is -2.44. The predicted molar refractivity (Wildman–Crippen MR) is 61.3 cm³/mol. The summed E-state index contributed by atoms with van der Waals surface area (Å²) in [7, 11) is 0. The van der Waals surface area contributed by atoms with Crippen molar-refractivity contribution in [3.63, 3.8) is 0 Å². The van der Waals surface area contributed by atoms with Gasteiger partial charge in [0.15, 0.2) is 5.67 Å². The van der Waals surface area contributed by atoms with Crippen LogP contribution >= 0.6 is 15.9 Å². The zero-order chi connectivity index (χ0) is 12.3. The van der Waals surface area contributed by atoms with Crippen LogP contribution in [0.15, 0.2) is 12.2 Å². The summed E-state index contributed by atoms with van der Waals surface area (Å²) in [5.74, 6) is -2.15. The average Bonchev–Trinajstić information content (AvgIpc) is 2.92. The highest BCUT2D eigenvalue weighted by molar-refractivity contribution is 9.09. The molecule has 17 heavy (non-hydrogen) atoms. The summed E-state index contributed by atoms with van der Waals surface area (Å²) in [6.07, 6.45) is 3.82. The number of carbonyl (C=O) groups excluding carboxylic acids is 1. The first-order valence-corrected chi connectivity index (χ1v) is 7.00. The molecule has 2 bridgehead atoms. The van der Waals surface area contributed by atoms with Crippen LogP contribution in [-0.4, -0.2) is 28.7 Å². The number of cyclic esters (lactones) is 1. The van der Waals surface area contributed by atoms with E-state index in [1.165, 1.54) is 0 Å². The lowest BCUT2D eigenvalue weighted by molar-refractivity contribution is -0.152. The summed E-state index contributed by atoms with van der Waals surface area (Å²) in [6, 6.07) is 0. The number of ether oxygens (including phenoxy) is 1. The van der Waals surface area contributed by atoms with E-state index in [0.717, 1.165) is 0 Å². The fourth-order valence-corrected chi connectivity index (χ4v) is 3.80. The normalized spacial score (nSPS) is 50.8. The first-order valence-electron chi connectivity index (χ1n) is 5.88. The largest absolute Gasteiger partial charge is 0.456 e. The van der Waals surface area contributed by atoms with Gasteiger partial charge in [-0.3, -0.25) is 0 Å². The van der Waals surface area contributed by atoms with Crippen LogP contribution in [0.25, 0.3) is 0 Å². The number of carbonyl (C=O) groups is 1. The van der Waals surface area contributed by atoms with Crippen LogP contribution in [0.4, 0.5) is 8.78 Å². The molecule has 3 unspecified atom stereocenters. The van der Waals surface area contributed by atoms with Crippen molar-refractivity contribution in [3.05, 3.63) is 12.2 Å². The molecule has 0 aromatic heterocycles. The van der Waals surface area contributed by atoms with Gasteiger partial charge in [0.25, 0.3) is 5.67 Å². The Hall–Kier alpha value is -0.450. The minimum absolute atomic E-state index is 0.371. The quantitative estimate of drug-likeness (QED) is 0.455. The molecule has 1 aliphatic heterocycles. The number of alkyl halides is 3. The molecule has 0 N–H and O–H groups in total. The van der Waals surface area contributed by atoms with Gasteiger partial charge >= 0.3 is 5.97 Å². The van der Waals surface area contributed by atoms with Crippen molar-refractivity contribution in [1.29, 1.82) is 0 Å². The predicted octanol–water partition coefficient (Wildman–Crippen LogP) is 2.71. The number of allylic oxidation sites excluding steroid dienone is 2. The third kappa shape index (κ3) is 1.16. The fraction of sp³-hybridized carbons (Fsp3) is 0.750. The van der Waals surface area contributed by atoms with Gasteiger partial charge in [-0.2, -0.15) is 0 Å². The fourth-order valence-electron chi connectivity index (χ4n) is 3.47. The van der Waals surface area contributed by atoms with Crippen molar-refractivity contribution in [2.45, 2.75) is 36.7 Å². The highest BCUT2D eigenvalue weighted by Gasteiger charge is 2.80. The molecule has 0 aromatic carbocycles. The minimum Gasteiger partial charge on any atom is -0.456 e. The van der Waals surface area contributed by atoms with Gasteiger partial charge in [-0.15, -0.1) is 0 Å². The van der Waals surface area contributed by atoms with Crippen LogP contribution in [-0.2, 0) is 9.53 Å². The van der Waals surface area contributed by atoms with Gasteiger partial charge in [-0.05, 0) is 19.3 Å². The van der Waals surface area contributed by atoms with Crippen LogP contribution in [0.5, 0.6) is 0 Å². The Bertz CT molecular complexity index is 400. The highest BCUT2D eigenvalue weighted by atomic mass is 79.9. The second-order valence-electron chi connectivity index (χ2n) is 5.04. The molecule has 2 nitrogen and oxygen atoms in total.